The molecule has 0 spiro atoms. The van der Waals surface area contributed by atoms with Gasteiger partial charge in [0, 0.05) is 22.4 Å². The summed E-state index contributed by atoms with van der Waals surface area (Å²) in [5.74, 6) is 0.797. The van der Waals surface area contributed by atoms with E-state index in [1.165, 1.54) is 0 Å². The van der Waals surface area contributed by atoms with Gasteiger partial charge in [0.05, 0.1) is 0 Å². The number of rotatable bonds is 4. The van der Waals surface area contributed by atoms with E-state index in [9.17, 15) is 0 Å². The molecule has 1 atom stereocenters. The zero-order chi connectivity index (χ0) is 12.3. The third-order valence-electron chi connectivity index (χ3n) is 2.53. The van der Waals surface area contributed by atoms with Crippen LogP contribution < -0.4 is 4.74 Å². The second-order valence-electron chi connectivity index (χ2n) is 3.73. The highest BCUT2D eigenvalue weighted by atomic mass is 35.5. The van der Waals surface area contributed by atoms with Crippen LogP contribution in [0.3, 0.4) is 0 Å². The molecule has 90 valence electrons. The minimum atomic E-state index is -0.260. The minimum absolute atomic E-state index is 0.260. The Labute approximate surface area is 106 Å². The monoisotopic (exact) mass is 250 g/mol. The Bertz CT molecular complexity index is 511. The quantitative estimate of drug-likeness (QED) is 0.755. The molecule has 0 N–H and O–H groups in total. The molecule has 0 heterocycles. The molecule has 17 heavy (non-hydrogen) atoms. The number of fused-ring (bicyclic) bond motifs is 1. The Morgan fingerprint density at radius 1 is 1.12 bits per heavy atom. The first-order chi connectivity index (χ1) is 8.22. The van der Waals surface area contributed by atoms with Crippen molar-refractivity contribution >= 4 is 22.4 Å². The van der Waals surface area contributed by atoms with Crippen molar-refractivity contribution in [3.05, 3.63) is 41.4 Å². The van der Waals surface area contributed by atoms with Gasteiger partial charge in [-0.1, -0.05) is 35.9 Å². The Morgan fingerprint density at radius 2 is 1.82 bits per heavy atom. The van der Waals surface area contributed by atoms with Crippen molar-refractivity contribution in [3.8, 4) is 5.75 Å². The molecule has 0 saturated carbocycles. The van der Waals surface area contributed by atoms with Gasteiger partial charge in [-0.05, 0) is 26.0 Å². The fourth-order valence-electron chi connectivity index (χ4n) is 1.78. The second-order valence-corrected chi connectivity index (χ2v) is 4.14. The Hall–Kier alpha value is -1.25. The van der Waals surface area contributed by atoms with Crippen molar-refractivity contribution < 1.29 is 9.47 Å². The maximum Gasteiger partial charge on any atom is 0.196 e. The van der Waals surface area contributed by atoms with Crippen LogP contribution in [0.2, 0.25) is 5.02 Å². The third kappa shape index (κ3) is 2.71. The summed E-state index contributed by atoms with van der Waals surface area (Å²) < 4.78 is 11.1. The Kier molecular flexibility index (Phi) is 3.87. The van der Waals surface area contributed by atoms with Gasteiger partial charge in [0.15, 0.2) is 6.29 Å². The molecule has 2 aromatic rings. The molecule has 0 radical (unpaired) electrons. The molecule has 3 heteroatoms. The highest BCUT2D eigenvalue weighted by Gasteiger charge is 2.08. The average molecular weight is 251 g/mol. The standard InChI is InChI=1S/C14H15ClO2/c1-3-16-10(2)17-14-9-8-13(15)11-6-4-5-7-12(11)14/h4-10H,3H2,1-2H3. The number of halogens is 1. The van der Waals surface area contributed by atoms with E-state index in [2.05, 4.69) is 0 Å². The summed E-state index contributed by atoms with van der Waals surface area (Å²) in [4.78, 5) is 0. The van der Waals surface area contributed by atoms with E-state index in [-0.39, 0.29) is 6.29 Å². The summed E-state index contributed by atoms with van der Waals surface area (Å²) in [5, 5.41) is 2.74. The van der Waals surface area contributed by atoms with E-state index in [0.29, 0.717) is 6.61 Å². The molecule has 1 unspecified atom stereocenters. The third-order valence-corrected chi connectivity index (χ3v) is 2.85. The SMILES string of the molecule is CCOC(C)Oc1ccc(Cl)c2ccccc12. The predicted molar refractivity (Wildman–Crippen MR) is 70.7 cm³/mol. The zero-order valence-corrected chi connectivity index (χ0v) is 10.7. The number of hydrogen-bond acceptors (Lipinski definition) is 2. The Morgan fingerprint density at radius 3 is 2.53 bits per heavy atom. The summed E-state index contributed by atoms with van der Waals surface area (Å²) in [6.07, 6.45) is -0.260. The molecule has 0 aliphatic rings. The van der Waals surface area contributed by atoms with Crippen molar-refractivity contribution in [1.82, 2.24) is 0 Å². The summed E-state index contributed by atoms with van der Waals surface area (Å²) in [5.41, 5.74) is 0. The number of benzene rings is 2. The highest BCUT2D eigenvalue weighted by molar-refractivity contribution is 6.35. The fourth-order valence-corrected chi connectivity index (χ4v) is 2.01. The number of hydrogen-bond donors (Lipinski definition) is 0. The molecular weight excluding hydrogens is 236 g/mol. The van der Waals surface area contributed by atoms with Gasteiger partial charge < -0.3 is 9.47 Å². The molecule has 0 aliphatic heterocycles. The van der Waals surface area contributed by atoms with Gasteiger partial charge in [0.25, 0.3) is 0 Å². The molecule has 2 nitrogen and oxygen atoms in total. The van der Waals surface area contributed by atoms with Gasteiger partial charge >= 0.3 is 0 Å². The van der Waals surface area contributed by atoms with Gasteiger partial charge in [-0.15, -0.1) is 0 Å². The van der Waals surface area contributed by atoms with Crippen LogP contribution in [0.4, 0.5) is 0 Å². The summed E-state index contributed by atoms with van der Waals surface area (Å²) >= 11 is 6.14. The van der Waals surface area contributed by atoms with Crippen molar-refractivity contribution in [2.24, 2.45) is 0 Å². The van der Waals surface area contributed by atoms with Crippen LogP contribution in [0.25, 0.3) is 10.8 Å². The normalized spacial score (nSPS) is 12.6. The predicted octanol–water partition coefficient (Wildman–Crippen LogP) is 4.25. The van der Waals surface area contributed by atoms with Crippen LogP contribution in [-0.2, 0) is 4.74 Å². The number of ether oxygens (including phenoxy) is 2. The van der Waals surface area contributed by atoms with E-state index in [1.807, 2.05) is 50.2 Å². The van der Waals surface area contributed by atoms with Crippen molar-refractivity contribution in [1.29, 1.82) is 0 Å². The molecular formula is C14H15ClO2. The van der Waals surface area contributed by atoms with Gasteiger partial charge in [-0.2, -0.15) is 0 Å². The van der Waals surface area contributed by atoms with E-state index in [1.54, 1.807) is 0 Å². The molecule has 2 rings (SSSR count). The van der Waals surface area contributed by atoms with Gasteiger partial charge in [-0.25, -0.2) is 0 Å². The summed E-state index contributed by atoms with van der Waals surface area (Å²) in [6, 6.07) is 11.6. The van der Waals surface area contributed by atoms with Crippen molar-refractivity contribution in [2.45, 2.75) is 20.1 Å². The topological polar surface area (TPSA) is 18.5 Å². The van der Waals surface area contributed by atoms with Crippen LogP contribution in [-0.4, -0.2) is 12.9 Å². The minimum Gasteiger partial charge on any atom is -0.465 e. The van der Waals surface area contributed by atoms with E-state index >= 15 is 0 Å². The maximum atomic E-state index is 6.14. The smallest absolute Gasteiger partial charge is 0.196 e. The van der Waals surface area contributed by atoms with E-state index in [4.69, 9.17) is 21.1 Å². The molecule has 0 saturated heterocycles. The van der Waals surface area contributed by atoms with Crippen molar-refractivity contribution in [3.63, 3.8) is 0 Å². The van der Waals surface area contributed by atoms with Crippen molar-refractivity contribution in [2.75, 3.05) is 6.61 Å². The second kappa shape index (κ2) is 5.39. The lowest BCUT2D eigenvalue weighted by Gasteiger charge is -2.16. The molecule has 0 aliphatic carbocycles. The first-order valence-electron chi connectivity index (χ1n) is 5.68. The van der Waals surface area contributed by atoms with E-state index < -0.39 is 0 Å². The van der Waals surface area contributed by atoms with Gasteiger partial charge in [-0.3, -0.25) is 0 Å². The lowest BCUT2D eigenvalue weighted by Crippen LogP contribution is -2.16. The van der Waals surface area contributed by atoms with Gasteiger partial charge in [0.1, 0.15) is 5.75 Å². The van der Waals surface area contributed by atoms with Crippen LogP contribution in [0.5, 0.6) is 5.75 Å². The largest absolute Gasteiger partial charge is 0.465 e. The Balaban J connectivity index is 2.38. The lowest BCUT2D eigenvalue weighted by molar-refractivity contribution is -0.0605. The highest BCUT2D eigenvalue weighted by Crippen LogP contribution is 2.31. The fraction of sp³-hybridized carbons (Fsp3) is 0.286. The van der Waals surface area contributed by atoms with Crippen LogP contribution in [0, 0.1) is 0 Å². The molecule has 2 aromatic carbocycles. The van der Waals surface area contributed by atoms with Crippen LogP contribution in [0.1, 0.15) is 13.8 Å². The molecule has 0 fully saturated rings. The first-order valence-corrected chi connectivity index (χ1v) is 6.05. The molecule has 0 aromatic heterocycles. The van der Waals surface area contributed by atoms with Gasteiger partial charge in [0.2, 0.25) is 0 Å². The summed E-state index contributed by atoms with van der Waals surface area (Å²) in [6.45, 7) is 4.46. The first kappa shape index (κ1) is 12.2. The summed E-state index contributed by atoms with van der Waals surface area (Å²) in [7, 11) is 0. The maximum absolute atomic E-state index is 6.14. The van der Waals surface area contributed by atoms with Crippen LogP contribution in [0.15, 0.2) is 36.4 Å². The van der Waals surface area contributed by atoms with Crippen LogP contribution >= 0.6 is 11.6 Å². The lowest BCUT2D eigenvalue weighted by atomic mass is 10.1. The van der Waals surface area contributed by atoms with E-state index in [0.717, 1.165) is 21.5 Å². The average Bonchev–Trinajstić information content (AvgIpc) is 2.34. The molecule has 0 bridgehead atoms. The molecule has 0 amide bonds. The zero-order valence-electron chi connectivity index (χ0n) is 9.94.